The van der Waals surface area contributed by atoms with Gasteiger partial charge < -0.3 is 10.2 Å². The molecule has 0 aliphatic heterocycles. The Labute approximate surface area is 126 Å². The van der Waals surface area contributed by atoms with Crippen LogP contribution in [0.2, 0.25) is 0 Å². The van der Waals surface area contributed by atoms with Crippen molar-refractivity contribution in [2.24, 2.45) is 0 Å². The summed E-state index contributed by atoms with van der Waals surface area (Å²) >= 11 is 0. The van der Waals surface area contributed by atoms with Crippen LogP contribution in [-0.4, -0.2) is 13.6 Å². The SMILES string of the molecule is CCCNCc1ccc(N(C)c2cccc(F)c2)cc1C. The van der Waals surface area contributed by atoms with Gasteiger partial charge in [-0.25, -0.2) is 4.39 Å². The zero-order valence-electron chi connectivity index (χ0n) is 13.0. The molecule has 0 fully saturated rings. The van der Waals surface area contributed by atoms with Crippen LogP contribution < -0.4 is 10.2 Å². The average molecular weight is 286 g/mol. The van der Waals surface area contributed by atoms with Crippen molar-refractivity contribution < 1.29 is 4.39 Å². The first kappa shape index (κ1) is 15.5. The van der Waals surface area contributed by atoms with Gasteiger partial charge in [-0.05, 0) is 61.3 Å². The minimum atomic E-state index is -0.212. The normalized spacial score (nSPS) is 10.7. The molecule has 0 amide bonds. The van der Waals surface area contributed by atoms with Gasteiger partial charge in [-0.3, -0.25) is 0 Å². The lowest BCUT2D eigenvalue weighted by Crippen LogP contribution is -2.15. The minimum absolute atomic E-state index is 0.212. The highest BCUT2D eigenvalue weighted by Gasteiger charge is 2.07. The van der Waals surface area contributed by atoms with Crippen molar-refractivity contribution in [3.63, 3.8) is 0 Å². The number of halogens is 1. The van der Waals surface area contributed by atoms with Crippen molar-refractivity contribution in [2.45, 2.75) is 26.8 Å². The number of hydrogen-bond acceptors (Lipinski definition) is 2. The monoisotopic (exact) mass is 286 g/mol. The van der Waals surface area contributed by atoms with Crippen LogP contribution in [0.3, 0.4) is 0 Å². The van der Waals surface area contributed by atoms with Crippen LogP contribution in [0.5, 0.6) is 0 Å². The molecule has 0 unspecified atom stereocenters. The van der Waals surface area contributed by atoms with Gasteiger partial charge in [-0.2, -0.15) is 0 Å². The summed E-state index contributed by atoms with van der Waals surface area (Å²) < 4.78 is 13.3. The molecule has 0 aromatic heterocycles. The van der Waals surface area contributed by atoms with Crippen molar-refractivity contribution in [1.29, 1.82) is 0 Å². The van der Waals surface area contributed by atoms with E-state index in [9.17, 15) is 4.39 Å². The van der Waals surface area contributed by atoms with Gasteiger partial charge >= 0.3 is 0 Å². The fraction of sp³-hybridized carbons (Fsp3) is 0.333. The summed E-state index contributed by atoms with van der Waals surface area (Å²) in [6, 6.07) is 13.0. The van der Waals surface area contributed by atoms with Gasteiger partial charge in [0.1, 0.15) is 5.82 Å². The minimum Gasteiger partial charge on any atom is -0.345 e. The van der Waals surface area contributed by atoms with Gasteiger partial charge in [0.15, 0.2) is 0 Å². The summed E-state index contributed by atoms with van der Waals surface area (Å²) in [5, 5.41) is 3.42. The Balaban J connectivity index is 2.15. The van der Waals surface area contributed by atoms with Gasteiger partial charge in [-0.15, -0.1) is 0 Å². The van der Waals surface area contributed by atoms with Gasteiger partial charge in [0.2, 0.25) is 0 Å². The molecule has 21 heavy (non-hydrogen) atoms. The summed E-state index contributed by atoms with van der Waals surface area (Å²) in [7, 11) is 1.96. The van der Waals surface area contributed by atoms with Gasteiger partial charge in [-0.1, -0.05) is 19.1 Å². The van der Waals surface area contributed by atoms with Crippen molar-refractivity contribution in [1.82, 2.24) is 5.32 Å². The number of anilines is 2. The zero-order valence-corrected chi connectivity index (χ0v) is 13.0. The van der Waals surface area contributed by atoms with Gasteiger partial charge in [0.05, 0.1) is 0 Å². The van der Waals surface area contributed by atoms with Crippen molar-refractivity contribution >= 4 is 11.4 Å². The van der Waals surface area contributed by atoms with Crippen molar-refractivity contribution in [3.8, 4) is 0 Å². The first-order chi connectivity index (χ1) is 10.1. The van der Waals surface area contributed by atoms with Gasteiger partial charge in [0, 0.05) is 25.0 Å². The Hall–Kier alpha value is -1.87. The lowest BCUT2D eigenvalue weighted by molar-refractivity contribution is 0.628. The van der Waals surface area contributed by atoms with E-state index in [1.807, 2.05) is 18.0 Å². The number of nitrogens with zero attached hydrogens (tertiary/aromatic N) is 1. The molecule has 1 N–H and O–H groups in total. The fourth-order valence-electron chi connectivity index (χ4n) is 2.32. The lowest BCUT2D eigenvalue weighted by atomic mass is 10.1. The van der Waals surface area contributed by atoms with Crippen LogP contribution in [0, 0.1) is 12.7 Å². The number of rotatable bonds is 6. The van der Waals surface area contributed by atoms with Crippen LogP contribution in [0.1, 0.15) is 24.5 Å². The second-order valence-corrected chi connectivity index (χ2v) is 5.33. The summed E-state index contributed by atoms with van der Waals surface area (Å²) in [6.07, 6.45) is 1.14. The predicted octanol–water partition coefficient (Wildman–Crippen LogP) is 4.40. The van der Waals surface area contributed by atoms with E-state index in [1.54, 1.807) is 12.1 Å². The first-order valence-corrected chi connectivity index (χ1v) is 7.41. The second kappa shape index (κ2) is 7.23. The summed E-state index contributed by atoms with van der Waals surface area (Å²) in [5.41, 5.74) is 4.47. The third kappa shape index (κ3) is 4.05. The number of benzene rings is 2. The molecule has 0 aliphatic carbocycles. The molecule has 0 radical (unpaired) electrons. The fourth-order valence-corrected chi connectivity index (χ4v) is 2.32. The smallest absolute Gasteiger partial charge is 0.125 e. The highest BCUT2D eigenvalue weighted by molar-refractivity contribution is 5.63. The summed E-state index contributed by atoms with van der Waals surface area (Å²) in [5.74, 6) is -0.212. The zero-order chi connectivity index (χ0) is 15.2. The molecule has 2 aromatic carbocycles. The number of nitrogens with one attached hydrogen (secondary N) is 1. The maximum Gasteiger partial charge on any atom is 0.125 e. The van der Waals surface area contributed by atoms with Crippen LogP contribution in [-0.2, 0) is 6.54 Å². The first-order valence-electron chi connectivity index (χ1n) is 7.41. The molecular weight excluding hydrogens is 263 g/mol. The van der Waals surface area contributed by atoms with E-state index in [4.69, 9.17) is 0 Å². The maximum absolute atomic E-state index is 13.3. The number of hydrogen-bond donors (Lipinski definition) is 1. The molecule has 0 aliphatic rings. The standard InChI is InChI=1S/C18H23FN2/c1-4-10-20-13-15-8-9-18(11-14(15)2)21(3)17-7-5-6-16(19)12-17/h5-9,11-12,20H,4,10,13H2,1-3H3. The van der Waals surface area contributed by atoms with Crippen LogP contribution in [0.25, 0.3) is 0 Å². The van der Waals surface area contributed by atoms with E-state index in [2.05, 4.69) is 37.4 Å². The van der Waals surface area contributed by atoms with E-state index >= 15 is 0 Å². The quantitative estimate of drug-likeness (QED) is 0.792. The maximum atomic E-state index is 13.3. The highest BCUT2D eigenvalue weighted by atomic mass is 19.1. The predicted molar refractivity (Wildman–Crippen MR) is 87.6 cm³/mol. The van der Waals surface area contributed by atoms with Crippen molar-refractivity contribution in [3.05, 3.63) is 59.4 Å². The van der Waals surface area contributed by atoms with E-state index in [0.717, 1.165) is 30.9 Å². The molecule has 0 bridgehead atoms. The van der Waals surface area contributed by atoms with Crippen LogP contribution in [0.4, 0.5) is 15.8 Å². The molecule has 2 aromatic rings. The third-order valence-corrected chi connectivity index (χ3v) is 3.65. The molecular formula is C18H23FN2. The Bertz CT molecular complexity index is 596. The number of aryl methyl sites for hydroxylation is 1. The second-order valence-electron chi connectivity index (χ2n) is 5.33. The topological polar surface area (TPSA) is 15.3 Å². The van der Waals surface area contributed by atoms with Crippen molar-refractivity contribution in [2.75, 3.05) is 18.5 Å². The summed E-state index contributed by atoms with van der Waals surface area (Å²) in [4.78, 5) is 2.00. The molecule has 2 rings (SSSR count). The molecule has 2 nitrogen and oxygen atoms in total. The summed E-state index contributed by atoms with van der Waals surface area (Å²) in [6.45, 7) is 6.21. The van der Waals surface area contributed by atoms with Gasteiger partial charge in [0.25, 0.3) is 0 Å². The Morgan fingerprint density at radius 3 is 2.52 bits per heavy atom. The van der Waals surface area contributed by atoms with E-state index in [-0.39, 0.29) is 5.82 Å². The Kier molecular flexibility index (Phi) is 5.34. The highest BCUT2D eigenvalue weighted by Crippen LogP contribution is 2.26. The Morgan fingerprint density at radius 1 is 1.10 bits per heavy atom. The molecule has 0 saturated carbocycles. The lowest BCUT2D eigenvalue weighted by Gasteiger charge is -2.21. The molecule has 3 heteroatoms. The molecule has 0 heterocycles. The largest absolute Gasteiger partial charge is 0.345 e. The molecule has 112 valence electrons. The van der Waals surface area contributed by atoms with Crippen LogP contribution in [0.15, 0.2) is 42.5 Å². The van der Waals surface area contributed by atoms with E-state index in [0.29, 0.717) is 0 Å². The molecule has 0 atom stereocenters. The third-order valence-electron chi connectivity index (χ3n) is 3.65. The average Bonchev–Trinajstić information content (AvgIpc) is 2.48. The van der Waals surface area contributed by atoms with E-state index < -0.39 is 0 Å². The molecule has 0 spiro atoms. The Morgan fingerprint density at radius 2 is 1.86 bits per heavy atom. The van der Waals surface area contributed by atoms with E-state index in [1.165, 1.54) is 17.2 Å². The van der Waals surface area contributed by atoms with Crippen LogP contribution >= 0.6 is 0 Å². The molecule has 0 saturated heterocycles.